The van der Waals surface area contributed by atoms with E-state index in [4.69, 9.17) is 0 Å². The Kier molecular flexibility index (Phi) is 6.75. The molecule has 0 saturated carbocycles. The van der Waals surface area contributed by atoms with Gasteiger partial charge in [0, 0.05) is 0 Å². The van der Waals surface area contributed by atoms with E-state index in [1.54, 1.807) is 12.1 Å². The summed E-state index contributed by atoms with van der Waals surface area (Å²) in [5.41, 5.74) is 1.68. The van der Waals surface area contributed by atoms with Gasteiger partial charge in [-0.2, -0.15) is 0 Å². The first kappa shape index (κ1) is 17.6. The lowest BCUT2D eigenvalue weighted by Crippen LogP contribution is -2.20. The lowest BCUT2D eigenvalue weighted by molar-refractivity contribution is -0.274. The van der Waals surface area contributed by atoms with Crippen LogP contribution in [0, 0.1) is 5.92 Å². The number of ether oxygens (including phenoxy) is 1. The lowest BCUT2D eigenvalue weighted by atomic mass is 10.1. The van der Waals surface area contributed by atoms with Gasteiger partial charge in [0.05, 0.1) is 0 Å². The van der Waals surface area contributed by atoms with Gasteiger partial charge in [0.15, 0.2) is 0 Å². The number of rotatable bonds is 7. The van der Waals surface area contributed by atoms with E-state index < -0.39 is 6.36 Å². The first-order chi connectivity index (χ1) is 9.78. The summed E-state index contributed by atoms with van der Waals surface area (Å²) in [4.78, 5) is 0. The van der Waals surface area contributed by atoms with E-state index in [9.17, 15) is 13.2 Å². The third-order valence-corrected chi connectivity index (χ3v) is 2.85. The van der Waals surface area contributed by atoms with Gasteiger partial charge < -0.3 is 10.1 Å². The highest BCUT2D eigenvalue weighted by Crippen LogP contribution is 2.25. The van der Waals surface area contributed by atoms with Crippen molar-refractivity contribution in [1.29, 1.82) is 0 Å². The summed E-state index contributed by atoms with van der Waals surface area (Å²) in [6, 6.07) is 6.04. The van der Waals surface area contributed by atoms with Crippen molar-refractivity contribution in [2.24, 2.45) is 5.92 Å². The second kappa shape index (κ2) is 8.08. The van der Waals surface area contributed by atoms with E-state index in [0.717, 1.165) is 30.6 Å². The Morgan fingerprint density at radius 2 is 2.05 bits per heavy atom. The fraction of sp³-hybridized carbons (Fsp3) is 0.500. The Morgan fingerprint density at radius 1 is 1.33 bits per heavy atom. The first-order valence-electron chi connectivity index (χ1n) is 7.01. The summed E-state index contributed by atoms with van der Waals surface area (Å²) in [7, 11) is 0. The molecule has 1 N–H and O–H groups in total. The van der Waals surface area contributed by atoms with E-state index in [1.807, 2.05) is 13.0 Å². The first-order valence-corrected chi connectivity index (χ1v) is 7.01. The van der Waals surface area contributed by atoms with Crippen LogP contribution in [0.2, 0.25) is 0 Å². The predicted octanol–water partition coefficient (Wildman–Crippen LogP) is 4.62. The SMILES string of the molecule is CC(=CCCNCC(C)C)c1cccc(OC(F)(F)F)c1. The molecule has 1 aromatic rings. The minimum Gasteiger partial charge on any atom is -0.406 e. The van der Waals surface area contributed by atoms with E-state index >= 15 is 0 Å². The van der Waals surface area contributed by atoms with Crippen LogP contribution >= 0.6 is 0 Å². The van der Waals surface area contributed by atoms with Gasteiger partial charge in [-0.15, -0.1) is 13.2 Å². The van der Waals surface area contributed by atoms with Crippen LogP contribution in [0.4, 0.5) is 13.2 Å². The largest absolute Gasteiger partial charge is 0.573 e. The van der Waals surface area contributed by atoms with E-state index in [0.29, 0.717) is 5.92 Å². The van der Waals surface area contributed by atoms with Crippen molar-refractivity contribution in [1.82, 2.24) is 5.32 Å². The number of halogens is 3. The number of benzene rings is 1. The molecule has 0 unspecified atom stereocenters. The normalized spacial score (nSPS) is 12.8. The van der Waals surface area contributed by atoms with Crippen LogP contribution in [0.1, 0.15) is 32.8 Å². The van der Waals surface area contributed by atoms with Crippen LogP contribution in [0.5, 0.6) is 5.75 Å². The Morgan fingerprint density at radius 3 is 2.67 bits per heavy atom. The smallest absolute Gasteiger partial charge is 0.406 e. The van der Waals surface area contributed by atoms with Crippen molar-refractivity contribution >= 4 is 5.57 Å². The summed E-state index contributed by atoms with van der Waals surface area (Å²) in [5, 5.41) is 3.32. The average molecular weight is 301 g/mol. The highest BCUT2D eigenvalue weighted by atomic mass is 19.4. The molecule has 0 spiro atoms. The van der Waals surface area contributed by atoms with Gasteiger partial charge in [0.1, 0.15) is 5.75 Å². The number of alkyl halides is 3. The maximum Gasteiger partial charge on any atom is 0.573 e. The summed E-state index contributed by atoms with van der Waals surface area (Å²) in [5.74, 6) is 0.414. The molecular weight excluding hydrogens is 279 g/mol. The molecule has 0 amide bonds. The highest BCUT2D eigenvalue weighted by Gasteiger charge is 2.31. The quantitative estimate of drug-likeness (QED) is 0.742. The molecule has 0 fully saturated rings. The number of allylic oxidation sites excluding steroid dienone is 1. The fourth-order valence-electron chi connectivity index (χ4n) is 1.84. The maximum absolute atomic E-state index is 12.2. The molecule has 0 heterocycles. The molecular formula is C16H22F3NO. The molecule has 0 radical (unpaired) electrons. The van der Waals surface area contributed by atoms with Crippen LogP contribution < -0.4 is 10.1 Å². The molecule has 0 atom stereocenters. The van der Waals surface area contributed by atoms with E-state index in [1.165, 1.54) is 12.1 Å². The van der Waals surface area contributed by atoms with Crippen molar-refractivity contribution in [3.8, 4) is 5.75 Å². The average Bonchev–Trinajstić information content (AvgIpc) is 2.36. The molecule has 0 aromatic heterocycles. The zero-order chi connectivity index (χ0) is 15.9. The van der Waals surface area contributed by atoms with Gasteiger partial charge in [-0.3, -0.25) is 0 Å². The van der Waals surface area contributed by atoms with E-state index in [2.05, 4.69) is 23.9 Å². The molecule has 0 aliphatic carbocycles. The summed E-state index contributed by atoms with van der Waals surface area (Å²) >= 11 is 0. The summed E-state index contributed by atoms with van der Waals surface area (Å²) < 4.78 is 40.5. The standard InChI is InChI=1S/C16H22F3NO/c1-12(2)11-20-9-5-6-13(3)14-7-4-8-15(10-14)21-16(17,18)19/h4,6-8,10,12,20H,5,9,11H2,1-3H3. The minimum atomic E-state index is -4.66. The predicted molar refractivity (Wildman–Crippen MR) is 79.1 cm³/mol. The Bertz CT molecular complexity index is 467. The minimum absolute atomic E-state index is 0.189. The maximum atomic E-state index is 12.2. The van der Waals surface area contributed by atoms with Crippen LogP contribution in [0.15, 0.2) is 30.3 Å². The second-order valence-electron chi connectivity index (χ2n) is 5.35. The monoisotopic (exact) mass is 301 g/mol. The van der Waals surface area contributed by atoms with Crippen molar-refractivity contribution in [3.63, 3.8) is 0 Å². The Labute approximate surface area is 124 Å². The van der Waals surface area contributed by atoms with Crippen molar-refractivity contribution in [2.75, 3.05) is 13.1 Å². The van der Waals surface area contributed by atoms with Crippen molar-refractivity contribution < 1.29 is 17.9 Å². The van der Waals surface area contributed by atoms with Crippen LogP contribution in [0.25, 0.3) is 5.57 Å². The molecule has 2 nitrogen and oxygen atoms in total. The van der Waals surface area contributed by atoms with Gasteiger partial charge in [-0.25, -0.2) is 0 Å². The lowest BCUT2D eigenvalue weighted by Gasteiger charge is -2.10. The Balaban J connectivity index is 2.57. The second-order valence-corrected chi connectivity index (χ2v) is 5.35. The molecule has 1 aromatic carbocycles. The van der Waals surface area contributed by atoms with Gasteiger partial charge in [-0.05, 0) is 55.6 Å². The van der Waals surface area contributed by atoms with Crippen LogP contribution in [-0.2, 0) is 0 Å². The fourth-order valence-corrected chi connectivity index (χ4v) is 1.84. The molecule has 0 saturated heterocycles. The topological polar surface area (TPSA) is 21.3 Å². The third kappa shape index (κ3) is 7.75. The zero-order valence-electron chi connectivity index (χ0n) is 12.6. The molecule has 1 rings (SSSR count). The zero-order valence-corrected chi connectivity index (χ0v) is 12.6. The summed E-state index contributed by atoms with van der Waals surface area (Å²) in [6.45, 7) is 7.98. The van der Waals surface area contributed by atoms with E-state index in [-0.39, 0.29) is 5.75 Å². The molecule has 0 bridgehead atoms. The van der Waals surface area contributed by atoms with Crippen molar-refractivity contribution in [3.05, 3.63) is 35.9 Å². The van der Waals surface area contributed by atoms with Gasteiger partial charge in [-0.1, -0.05) is 32.1 Å². The van der Waals surface area contributed by atoms with Gasteiger partial charge in [0.25, 0.3) is 0 Å². The molecule has 118 valence electrons. The van der Waals surface area contributed by atoms with Crippen molar-refractivity contribution in [2.45, 2.75) is 33.6 Å². The molecule has 21 heavy (non-hydrogen) atoms. The van der Waals surface area contributed by atoms with Gasteiger partial charge >= 0.3 is 6.36 Å². The Hall–Kier alpha value is -1.49. The molecule has 5 heteroatoms. The summed E-state index contributed by atoms with van der Waals surface area (Å²) in [6.07, 6.45) is -1.81. The number of hydrogen-bond donors (Lipinski definition) is 1. The van der Waals surface area contributed by atoms with Gasteiger partial charge in [0.2, 0.25) is 0 Å². The third-order valence-electron chi connectivity index (χ3n) is 2.85. The number of hydrogen-bond acceptors (Lipinski definition) is 2. The molecule has 0 aliphatic heterocycles. The number of nitrogens with one attached hydrogen (secondary N) is 1. The highest BCUT2D eigenvalue weighted by molar-refractivity contribution is 5.64. The van der Waals surface area contributed by atoms with Crippen LogP contribution in [0.3, 0.4) is 0 Å². The van der Waals surface area contributed by atoms with Crippen LogP contribution in [-0.4, -0.2) is 19.5 Å². The molecule has 0 aliphatic rings.